The van der Waals surface area contributed by atoms with Gasteiger partial charge in [0.05, 0.1) is 18.5 Å². The number of para-hydroxylation sites is 1. The lowest BCUT2D eigenvalue weighted by Gasteiger charge is -2.34. The van der Waals surface area contributed by atoms with Crippen molar-refractivity contribution in [1.29, 1.82) is 0 Å². The van der Waals surface area contributed by atoms with Crippen molar-refractivity contribution >= 4 is 15.7 Å². The van der Waals surface area contributed by atoms with E-state index in [1.54, 1.807) is 28.6 Å². The third kappa shape index (κ3) is 5.38. The van der Waals surface area contributed by atoms with E-state index in [2.05, 4.69) is 90.0 Å². The average molecular weight is 567 g/mol. The first kappa shape index (κ1) is 27.2. The number of benzene rings is 3. The molecule has 41 heavy (non-hydrogen) atoms. The van der Waals surface area contributed by atoms with Gasteiger partial charge in [-0.3, -0.25) is 4.90 Å². The van der Waals surface area contributed by atoms with Crippen molar-refractivity contribution < 1.29 is 13.2 Å². The molecule has 8 heteroatoms. The number of sulfonamides is 1. The number of piperazine rings is 1. The second-order valence-corrected chi connectivity index (χ2v) is 12.5. The van der Waals surface area contributed by atoms with Crippen LogP contribution in [-0.2, 0) is 16.6 Å². The Morgan fingerprint density at radius 1 is 0.780 bits per heavy atom. The lowest BCUT2D eigenvalue weighted by Crippen LogP contribution is -2.48. The predicted octanol–water partition coefficient (Wildman–Crippen LogP) is 5.80. The third-order valence-electron chi connectivity index (χ3n) is 7.79. The Morgan fingerprint density at radius 2 is 1.51 bits per heavy atom. The average Bonchev–Trinajstić information content (AvgIpc) is 3.35. The van der Waals surface area contributed by atoms with Crippen LogP contribution in [0.2, 0.25) is 0 Å². The molecule has 0 spiro atoms. The number of nitrogens with zero attached hydrogens (tertiary/aromatic N) is 4. The molecule has 0 unspecified atom stereocenters. The summed E-state index contributed by atoms with van der Waals surface area (Å²) < 4.78 is 36.0. The molecule has 0 bridgehead atoms. The number of fused-ring (bicyclic) bond motifs is 1. The van der Waals surface area contributed by atoms with Gasteiger partial charge in [0.15, 0.2) is 0 Å². The first-order chi connectivity index (χ1) is 19.8. The van der Waals surface area contributed by atoms with E-state index in [9.17, 15) is 8.42 Å². The molecule has 3 aromatic carbocycles. The summed E-state index contributed by atoms with van der Waals surface area (Å²) in [7, 11) is -2.16. The van der Waals surface area contributed by atoms with E-state index in [-0.39, 0.29) is 4.90 Å². The van der Waals surface area contributed by atoms with Gasteiger partial charge in [-0.15, -0.1) is 0 Å². The number of hydrogen-bond acceptors (Lipinski definition) is 5. The summed E-state index contributed by atoms with van der Waals surface area (Å²) in [6, 6.07) is 28.0. The van der Waals surface area contributed by atoms with Crippen LogP contribution in [-0.4, -0.2) is 60.3 Å². The predicted molar refractivity (Wildman–Crippen MR) is 163 cm³/mol. The quantitative estimate of drug-likeness (QED) is 0.249. The lowest BCUT2D eigenvalue weighted by atomic mass is 10.1. The first-order valence-electron chi connectivity index (χ1n) is 13.8. The summed E-state index contributed by atoms with van der Waals surface area (Å²) in [6.45, 7) is 6.90. The van der Waals surface area contributed by atoms with Crippen LogP contribution >= 0.6 is 0 Å². The molecule has 1 saturated heterocycles. The summed E-state index contributed by atoms with van der Waals surface area (Å²) in [5.41, 5.74) is 8.73. The van der Waals surface area contributed by atoms with Crippen LogP contribution in [0.4, 0.5) is 0 Å². The van der Waals surface area contributed by atoms with Gasteiger partial charge in [-0.1, -0.05) is 71.8 Å². The van der Waals surface area contributed by atoms with Gasteiger partial charge >= 0.3 is 0 Å². The van der Waals surface area contributed by atoms with Crippen LogP contribution in [0.3, 0.4) is 0 Å². The molecule has 1 fully saturated rings. The molecule has 210 valence electrons. The van der Waals surface area contributed by atoms with Gasteiger partial charge in [0, 0.05) is 44.5 Å². The summed E-state index contributed by atoms with van der Waals surface area (Å²) in [5.74, 6) is 0.368. The number of imidazole rings is 1. The Balaban J connectivity index is 1.31. The summed E-state index contributed by atoms with van der Waals surface area (Å²) >= 11 is 0. The number of rotatable bonds is 7. The number of ether oxygens (including phenoxy) is 1. The SMILES string of the molecule is COc1ccccc1S(=O)(=O)N1CCN(Cc2c(-c3ccc(C)cc3)nc3ccc(-c4cccc(C)c4)cn23)CC1. The second-order valence-electron chi connectivity index (χ2n) is 10.6. The minimum atomic E-state index is -3.66. The zero-order chi connectivity index (χ0) is 28.6. The van der Waals surface area contributed by atoms with Gasteiger partial charge in [0.2, 0.25) is 10.0 Å². The highest BCUT2D eigenvalue weighted by Gasteiger charge is 2.31. The number of aromatic nitrogens is 2. The van der Waals surface area contributed by atoms with Crippen LogP contribution in [0.5, 0.6) is 5.75 Å². The molecular formula is C33H34N4O3S. The Bertz CT molecular complexity index is 1800. The third-order valence-corrected chi connectivity index (χ3v) is 9.72. The maximum absolute atomic E-state index is 13.4. The van der Waals surface area contributed by atoms with Crippen molar-refractivity contribution in [2.24, 2.45) is 0 Å². The lowest BCUT2D eigenvalue weighted by molar-refractivity contribution is 0.179. The van der Waals surface area contributed by atoms with Crippen molar-refractivity contribution in [3.8, 4) is 28.1 Å². The number of hydrogen-bond donors (Lipinski definition) is 0. The fourth-order valence-corrected chi connectivity index (χ4v) is 7.07. The van der Waals surface area contributed by atoms with Crippen LogP contribution in [0.15, 0.2) is 96.0 Å². The molecule has 0 amide bonds. The van der Waals surface area contributed by atoms with E-state index in [1.165, 1.54) is 23.8 Å². The zero-order valence-corrected chi connectivity index (χ0v) is 24.4. The van der Waals surface area contributed by atoms with Gasteiger partial charge < -0.3 is 9.14 Å². The fourth-order valence-electron chi connectivity index (χ4n) is 5.49. The van der Waals surface area contributed by atoms with Crippen LogP contribution in [0, 0.1) is 13.8 Å². The molecule has 2 aromatic heterocycles. The minimum Gasteiger partial charge on any atom is -0.495 e. The van der Waals surface area contributed by atoms with E-state index in [4.69, 9.17) is 9.72 Å². The molecule has 0 radical (unpaired) electrons. The van der Waals surface area contributed by atoms with Crippen LogP contribution < -0.4 is 4.74 Å². The Hall–Kier alpha value is -3.98. The normalized spacial score (nSPS) is 14.9. The van der Waals surface area contributed by atoms with Crippen molar-refractivity contribution in [2.75, 3.05) is 33.3 Å². The molecule has 6 rings (SSSR count). The Labute approximate surface area is 241 Å². The maximum Gasteiger partial charge on any atom is 0.246 e. The van der Waals surface area contributed by atoms with Gasteiger partial charge in [-0.05, 0) is 49.2 Å². The fraction of sp³-hybridized carbons (Fsp3) is 0.242. The molecule has 5 aromatic rings. The topological polar surface area (TPSA) is 67.2 Å². The van der Waals surface area contributed by atoms with E-state index in [0.717, 1.165) is 28.2 Å². The highest BCUT2D eigenvalue weighted by atomic mass is 32.2. The van der Waals surface area contributed by atoms with Crippen molar-refractivity contribution in [3.63, 3.8) is 0 Å². The van der Waals surface area contributed by atoms with Gasteiger partial charge in [0.1, 0.15) is 16.3 Å². The van der Waals surface area contributed by atoms with Gasteiger partial charge in [0.25, 0.3) is 0 Å². The van der Waals surface area contributed by atoms with Crippen molar-refractivity contribution in [1.82, 2.24) is 18.6 Å². The molecule has 0 atom stereocenters. The van der Waals surface area contributed by atoms with Gasteiger partial charge in [-0.2, -0.15) is 4.31 Å². The smallest absolute Gasteiger partial charge is 0.246 e. The first-order valence-corrected chi connectivity index (χ1v) is 15.3. The summed E-state index contributed by atoms with van der Waals surface area (Å²) in [5, 5.41) is 0. The molecular weight excluding hydrogens is 532 g/mol. The standard InChI is InChI=1S/C33H34N4O3S/c1-24-11-13-26(14-12-24)33-29(37-22-28(15-16-32(37)34-33)27-8-6-7-25(2)21-27)23-35-17-19-36(20-18-35)41(38,39)31-10-5-4-9-30(31)40-3/h4-16,21-22H,17-20,23H2,1-3H3. The highest BCUT2D eigenvalue weighted by Crippen LogP contribution is 2.31. The molecule has 0 N–H and O–H groups in total. The monoisotopic (exact) mass is 566 g/mol. The molecule has 3 heterocycles. The summed E-state index contributed by atoms with van der Waals surface area (Å²) in [6.07, 6.45) is 2.17. The molecule has 0 aliphatic carbocycles. The molecule has 7 nitrogen and oxygen atoms in total. The maximum atomic E-state index is 13.4. The summed E-state index contributed by atoms with van der Waals surface area (Å²) in [4.78, 5) is 7.58. The van der Waals surface area contributed by atoms with Crippen molar-refractivity contribution in [3.05, 3.63) is 108 Å². The number of pyridine rings is 1. The number of methoxy groups -OCH3 is 1. The minimum absolute atomic E-state index is 0.211. The van der Waals surface area contributed by atoms with Gasteiger partial charge in [-0.25, -0.2) is 13.4 Å². The van der Waals surface area contributed by atoms with Crippen LogP contribution in [0.25, 0.3) is 28.0 Å². The molecule has 1 aliphatic rings. The van der Waals surface area contributed by atoms with E-state index < -0.39 is 10.0 Å². The van der Waals surface area contributed by atoms with Crippen molar-refractivity contribution in [2.45, 2.75) is 25.3 Å². The largest absolute Gasteiger partial charge is 0.495 e. The Kier molecular flexibility index (Phi) is 7.38. The van der Waals surface area contributed by atoms with E-state index >= 15 is 0 Å². The Morgan fingerprint density at radius 3 is 2.24 bits per heavy atom. The zero-order valence-electron chi connectivity index (χ0n) is 23.6. The number of aryl methyl sites for hydroxylation is 2. The van der Waals surface area contributed by atoms with Crippen LogP contribution in [0.1, 0.15) is 16.8 Å². The molecule has 0 saturated carbocycles. The molecule has 1 aliphatic heterocycles. The highest BCUT2D eigenvalue weighted by molar-refractivity contribution is 7.89. The van der Waals surface area contributed by atoms with E-state index in [0.29, 0.717) is 38.5 Å². The van der Waals surface area contributed by atoms with E-state index in [1.807, 2.05) is 0 Å². The second kappa shape index (κ2) is 11.1.